The van der Waals surface area contributed by atoms with Crippen LogP contribution in [-0.4, -0.2) is 13.9 Å². The van der Waals surface area contributed by atoms with Crippen LogP contribution < -0.4 is 11.4 Å². The molecule has 7 rings (SSSR count). The molecule has 2 heterocycles. The molecule has 3 fully saturated rings. The van der Waals surface area contributed by atoms with Gasteiger partial charge in [-0.05, 0) is 53.6 Å². The van der Waals surface area contributed by atoms with Crippen molar-refractivity contribution in [3.63, 3.8) is 0 Å². The summed E-state index contributed by atoms with van der Waals surface area (Å²) in [6.45, 7) is 7.01. The lowest BCUT2D eigenvalue weighted by molar-refractivity contribution is 0.103. The Morgan fingerprint density at radius 1 is 0.964 bits per heavy atom. The molecule has 5 aliphatic rings. The molecule has 0 radical (unpaired) electrons. The number of hydrogen-bond acceptors (Lipinski definition) is 2. The van der Waals surface area contributed by atoms with E-state index < -0.39 is 0 Å². The summed E-state index contributed by atoms with van der Waals surface area (Å²) in [7, 11) is 0. The van der Waals surface area contributed by atoms with Gasteiger partial charge >= 0.3 is 11.4 Å². The summed E-state index contributed by atoms with van der Waals surface area (Å²) in [6.07, 6.45) is 4.33. The highest BCUT2D eigenvalue weighted by Gasteiger charge is 2.64. The van der Waals surface area contributed by atoms with E-state index in [0.717, 1.165) is 19.3 Å². The highest BCUT2D eigenvalue weighted by atomic mass is 16.2. The molecular formula is C23H27N3O2. The number of hydrogen-bond donors (Lipinski definition) is 0. The first-order chi connectivity index (χ1) is 13.4. The average molecular weight is 377 g/mol. The predicted octanol–water partition coefficient (Wildman–Crippen LogP) is 3.58. The number of aromatic nitrogens is 3. The summed E-state index contributed by atoms with van der Waals surface area (Å²) in [4.78, 5) is 27.2. The molecule has 0 spiro atoms. The summed E-state index contributed by atoms with van der Waals surface area (Å²) in [5, 5.41) is 0. The normalized spacial score (nSPS) is 43.0. The van der Waals surface area contributed by atoms with Crippen LogP contribution in [0.5, 0.6) is 0 Å². The number of nitrogens with zero attached hydrogens (tertiary/aromatic N) is 3. The minimum atomic E-state index is -0.0467. The zero-order chi connectivity index (χ0) is 19.2. The summed E-state index contributed by atoms with van der Waals surface area (Å²) < 4.78 is 5.40. The van der Waals surface area contributed by atoms with Crippen LogP contribution in [-0.2, 0) is 0 Å². The van der Waals surface area contributed by atoms with Crippen LogP contribution in [0.2, 0.25) is 0 Å². The Morgan fingerprint density at radius 3 is 2.36 bits per heavy atom. The van der Waals surface area contributed by atoms with Gasteiger partial charge in [0.1, 0.15) is 0 Å². The molecule has 6 bridgehead atoms. The monoisotopic (exact) mass is 377 g/mol. The third-order valence-corrected chi connectivity index (χ3v) is 10.1. The van der Waals surface area contributed by atoms with Crippen LogP contribution in [0.1, 0.15) is 87.5 Å². The average Bonchev–Trinajstić information content (AvgIpc) is 3.44. The molecule has 0 saturated heterocycles. The smallest absolute Gasteiger partial charge is 0.246 e. The summed E-state index contributed by atoms with van der Waals surface area (Å²) in [5.41, 5.74) is 2.90. The van der Waals surface area contributed by atoms with Crippen molar-refractivity contribution in [2.75, 3.05) is 0 Å². The van der Waals surface area contributed by atoms with E-state index in [-0.39, 0.29) is 40.3 Å². The molecule has 0 amide bonds. The number of benzene rings is 1. The Bertz CT molecular complexity index is 1170. The van der Waals surface area contributed by atoms with Gasteiger partial charge in [-0.3, -0.25) is 0 Å². The minimum absolute atomic E-state index is 0.0326. The highest BCUT2D eigenvalue weighted by molar-refractivity contribution is 5.46. The maximum atomic E-state index is 13.7. The fourth-order valence-electron chi connectivity index (χ4n) is 8.33. The van der Waals surface area contributed by atoms with Crippen molar-refractivity contribution in [3.05, 3.63) is 56.4 Å². The van der Waals surface area contributed by atoms with E-state index in [1.165, 1.54) is 17.5 Å². The van der Waals surface area contributed by atoms with E-state index in [0.29, 0.717) is 17.8 Å². The topological polar surface area (TPSA) is 48.9 Å². The van der Waals surface area contributed by atoms with Gasteiger partial charge in [0.2, 0.25) is 0 Å². The number of rotatable bonds is 1. The zero-order valence-corrected chi connectivity index (χ0v) is 16.8. The summed E-state index contributed by atoms with van der Waals surface area (Å²) in [5.74, 6) is 1.32. The van der Waals surface area contributed by atoms with Gasteiger partial charge in [0.25, 0.3) is 0 Å². The Kier molecular flexibility index (Phi) is 2.50. The lowest BCUT2D eigenvalue weighted by atomic mass is 9.69. The maximum Gasteiger partial charge on any atom is 0.347 e. The van der Waals surface area contributed by atoms with Crippen LogP contribution in [0.15, 0.2) is 33.9 Å². The van der Waals surface area contributed by atoms with Crippen molar-refractivity contribution in [1.82, 2.24) is 13.9 Å². The third kappa shape index (κ3) is 1.37. The lowest BCUT2D eigenvalue weighted by Gasteiger charge is -2.39. The first-order valence-electron chi connectivity index (χ1n) is 10.9. The fraction of sp³-hybridized carbons (Fsp3) is 0.652. The van der Waals surface area contributed by atoms with E-state index >= 15 is 0 Å². The number of fused-ring (bicyclic) bond motifs is 6. The van der Waals surface area contributed by atoms with E-state index in [2.05, 4.69) is 45.0 Å². The molecule has 5 heteroatoms. The first kappa shape index (κ1) is 15.8. The van der Waals surface area contributed by atoms with Crippen molar-refractivity contribution < 1.29 is 0 Å². The molecular weight excluding hydrogens is 350 g/mol. The van der Waals surface area contributed by atoms with Crippen LogP contribution in [0.3, 0.4) is 0 Å². The van der Waals surface area contributed by atoms with Gasteiger partial charge in [-0.25, -0.2) is 23.5 Å². The molecule has 1 aromatic carbocycles. The summed E-state index contributed by atoms with van der Waals surface area (Å²) in [6, 6.07) is 8.97. The van der Waals surface area contributed by atoms with E-state index in [9.17, 15) is 9.59 Å². The van der Waals surface area contributed by atoms with E-state index in [1.807, 2.05) is 9.36 Å². The van der Waals surface area contributed by atoms with Crippen LogP contribution >= 0.6 is 0 Å². The van der Waals surface area contributed by atoms with Crippen molar-refractivity contribution in [2.24, 2.45) is 16.7 Å². The second-order valence-corrected chi connectivity index (χ2v) is 10.8. The highest BCUT2D eigenvalue weighted by Crippen LogP contribution is 2.70. The molecule has 1 aromatic heterocycles. The van der Waals surface area contributed by atoms with Crippen LogP contribution in [0.25, 0.3) is 0 Å². The SMILES string of the molecule is CC1(C)[C@H]2CC[C@@]1(C)[C@H](n1c(=O)n3n(c1=O)[C@@H]1C[C@@H]4c5ccccc5[C@@H]1[C@@H]43)C2. The Hall–Kier alpha value is -2.04. The van der Waals surface area contributed by atoms with E-state index in [4.69, 9.17) is 0 Å². The quantitative estimate of drug-likeness (QED) is 0.763. The van der Waals surface area contributed by atoms with Gasteiger partial charge < -0.3 is 0 Å². The fourth-order valence-corrected chi connectivity index (χ4v) is 8.33. The van der Waals surface area contributed by atoms with Crippen molar-refractivity contribution in [3.8, 4) is 0 Å². The lowest BCUT2D eigenvalue weighted by Crippen LogP contribution is -2.42. The predicted molar refractivity (Wildman–Crippen MR) is 106 cm³/mol. The standard InChI is InChI=1S/C23H27N3O2/c1-22(2)12-8-9-23(22,3)17(10-12)24-20(27)25-16-11-15-13-6-4-5-7-14(13)18(16)19(15)26(25)21(24)28/h4-7,12,15-19H,8-11H2,1-3H3/t12-,15+,16+,17+,18-,19+,23-/m0/s1. The van der Waals surface area contributed by atoms with Crippen LogP contribution in [0, 0.1) is 16.7 Å². The molecule has 0 N–H and O–H groups in total. The van der Waals surface area contributed by atoms with Gasteiger partial charge in [-0.15, -0.1) is 0 Å². The molecule has 5 nitrogen and oxygen atoms in total. The Labute approximate surface area is 164 Å². The van der Waals surface area contributed by atoms with Gasteiger partial charge in [-0.1, -0.05) is 45.0 Å². The Balaban J connectivity index is 1.41. The second kappa shape index (κ2) is 4.42. The molecule has 146 valence electrons. The Morgan fingerprint density at radius 2 is 1.68 bits per heavy atom. The van der Waals surface area contributed by atoms with Crippen LogP contribution in [0.4, 0.5) is 0 Å². The molecule has 0 unspecified atom stereocenters. The first-order valence-corrected chi connectivity index (χ1v) is 10.9. The zero-order valence-electron chi connectivity index (χ0n) is 16.8. The van der Waals surface area contributed by atoms with Gasteiger partial charge in [0, 0.05) is 17.9 Å². The van der Waals surface area contributed by atoms with Crippen molar-refractivity contribution >= 4 is 0 Å². The van der Waals surface area contributed by atoms with Gasteiger partial charge in [0.05, 0.1) is 12.1 Å². The molecule has 28 heavy (non-hydrogen) atoms. The van der Waals surface area contributed by atoms with Gasteiger partial charge in [0.15, 0.2) is 0 Å². The largest absolute Gasteiger partial charge is 0.347 e. The molecule has 1 aliphatic heterocycles. The van der Waals surface area contributed by atoms with Crippen molar-refractivity contribution in [1.29, 1.82) is 0 Å². The maximum absolute atomic E-state index is 13.7. The molecule has 7 atom stereocenters. The van der Waals surface area contributed by atoms with Crippen molar-refractivity contribution in [2.45, 2.75) is 76.4 Å². The molecule has 4 aliphatic carbocycles. The second-order valence-electron chi connectivity index (χ2n) is 10.8. The molecule has 2 aromatic rings. The third-order valence-electron chi connectivity index (χ3n) is 10.1. The minimum Gasteiger partial charge on any atom is -0.246 e. The molecule has 3 saturated carbocycles. The summed E-state index contributed by atoms with van der Waals surface area (Å²) >= 11 is 0. The van der Waals surface area contributed by atoms with E-state index in [1.54, 1.807) is 4.57 Å². The van der Waals surface area contributed by atoms with Gasteiger partial charge in [-0.2, -0.15) is 0 Å².